The third kappa shape index (κ3) is 4.51. The Bertz CT molecular complexity index is 1100. The Morgan fingerprint density at radius 3 is 2.55 bits per heavy atom. The molecule has 4 aromatic rings. The molecule has 0 aliphatic heterocycles. The summed E-state index contributed by atoms with van der Waals surface area (Å²) in [6.45, 7) is 3.16. The molecule has 146 valence electrons. The lowest BCUT2D eigenvalue weighted by atomic mass is 10.1. The van der Waals surface area contributed by atoms with E-state index in [2.05, 4.69) is 39.1 Å². The van der Waals surface area contributed by atoms with Gasteiger partial charge in [0.1, 0.15) is 11.3 Å². The largest absolute Gasteiger partial charge is 0.350 e. The molecule has 0 saturated heterocycles. The first-order valence-electron chi connectivity index (χ1n) is 9.89. The third-order valence-electron chi connectivity index (χ3n) is 5.00. The molecule has 29 heavy (non-hydrogen) atoms. The van der Waals surface area contributed by atoms with E-state index in [0.29, 0.717) is 18.7 Å². The number of aryl methyl sites for hydroxylation is 3. The van der Waals surface area contributed by atoms with E-state index in [1.54, 1.807) is 6.20 Å². The Balaban J connectivity index is 1.46. The van der Waals surface area contributed by atoms with E-state index >= 15 is 0 Å². The normalized spacial score (nSPS) is 10.9. The van der Waals surface area contributed by atoms with Crippen LogP contribution in [-0.2, 0) is 19.4 Å². The minimum absolute atomic E-state index is 0.0618. The minimum atomic E-state index is -0.0618. The van der Waals surface area contributed by atoms with E-state index in [4.69, 9.17) is 4.98 Å². The van der Waals surface area contributed by atoms with E-state index in [9.17, 15) is 4.79 Å². The summed E-state index contributed by atoms with van der Waals surface area (Å²) in [6, 6.07) is 21.9. The van der Waals surface area contributed by atoms with Gasteiger partial charge >= 0.3 is 0 Å². The first-order valence-corrected chi connectivity index (χ1v) is 9.89. The van der Waals surface area contributed by atoms with E-state index in [-0.39, 0.29) is 5.91 Å². The number of hydrogen-bond donors (Lipinski definition) is 1. The molecule has 4 rings (SSSR count). The van der Waals surface area contributed by atoms with E-state index in [0.717, 1.165) is 35.4 Å². The molecule has 2 heterocycles. The van der Waals surface area contributed by atoms with E-state index in [1.807, 2.05) is 49.4 Å². The van der Waals surface area contributed by atoms with Crippen LogP contribution >= 0.6 is 0 Å². The molecule has 0 bridgehead atoms. The average molecular weight is 384 g/mol. The van der Waals surface area contributed by atoms with Gasteiger partial charge in [0.25, 0.3) is 5.91 Å². The van der Waals surface area contributed by atoms with E-state index in [1.165, 1.54) is 5.56 Å². The van der Waals surface area contributed by atoms with Gasteiger partial charge in [-0.15, -0.1) is 0 Å². The highest BCUT2D eigenvalue weighted by molar-refractivity contribution is 5.94. The molecule has 1 N–H and O–H groups in total. The van der Waals surface area contributed by atoms with Crippen LogP contribution in [0.15, 0.2) is 72.9 Å². The third-order valence-corrected chi connectivity index (χ3v) is 5.00. The van der Waals surface area contributed by atoms with Crippen LogP contribution in [0.2, 0.25) is 0 Å². The highest BCUT2D eigenvalue weighted by Crippen LogP contribution is 2.15. The predicted molar refractivity (Wildman–Crippen MR) is 115 cm³/mol. The molecule has 0 spiro atoms. The Morgan fingerprint density at radius 1 is 0.966 bits per heavy atom. The summed E-state index contributed by atoms with van der Waals surface area (Å²) in [4.78, 5) is 21.7. The molecule has 1 amide bonds. The van der Waals surface area contributed by atoms with Crippen molar-refractivity contribution in [3.8, 4) is 0 Å². The molecule has 0 unspecified atom stereocenters. The lowest BCUT2D eigenvalue weighted by Gasteiger charge is -2.10. The van der Waals surface area contributed by atoms with Crippen LogP contribution in [0.3, 0.4) is 0 Å². The second kappa shape index (κ2) is 8.69. The number of amides is 1. The highest BCUT2D eigenvalue weighted by atomic mass is 16.1. The molecule has 2 aromatic heterocycles. The Hall–Kier alpha value is -3.47. The van der Waals surface area contributed by atoms with Crippen molar-refractivity contribution in [2.24, 2.45) is 0 Å². The van der Waals surface area contributed by atoms with Crippen LogP contribution in [0.1, 0.15) is 27.3 Å². The minimum Gasteiger partial charge on any atom is -0.350 e. The molecular weight excluding hydrogens is 360 g/mol. The topological polar surface area (TPSA) is 59.8 Å². The predicted octanol–water partition coefficient (Wildman–Crippen LogP) is 3.95. The monoisotopic (exact) mass is 384 g/mol. The van der Waals surface area contributed by atoms with Crippen molar-refractivity contribution >= 4 is 17.1 Å². The molecule has 5 heteroatoms. The van der Waals surface area contributed by atoms with Gasteiger partial charge in [0.15, 0.2) is 5.65 Å². The van der Waals surface area contributed by atoms with Gasteiger partial charge in [-0.05, 0) is 43.2 Å². The summed E-state index contributed by atoms with van der Waals surface area (Å²) in [7, 11) is 0. The molecule has 5 nitrogen and oxygen atoms in total. The van der Waals surface area contributed by atoms with Crippen molar-refractivity contribution in [1.29, 1.82) is 0 Å². The molecule has 0 radical (unpaired) electrons. The number of imidazole rings is 1. The number of benzene rings is 2. The van der Waals surface area contributed by atoms with Crippen molar-refractivity contribution in [1.82, 2.24) is 19.9 Å². The maximum Gasteiger partial charge on any atom is 0.251 e. The smallest absolute Gasteiger partial charge is 0.251 e. The summed E-state index contributed by atoms with van der Waals surface area (Å²) in [6.07, 6.45) is 3.53. The van der Waals surface area contributed by atoms with Crippen molar-refractivity contribution in [3.63, 3.8) is 0 Å². The number of pyridine rings is 1. The summed E-state index contributed by atoms with van der Waals surface area (Å²) < 4.78 is 2.12. The second-order valence-electron chi connectivity index (χ2n) is 7.13. The summed E-state index contributed by atoms with van der Waals surface area (Å²) in [5.41, 5.74) is 4.85. The summed E-state index contributed by atoms with van der Waals surface area (Å²) in [5.74, 6) is 0.931. The standard InChI is InChI=1S/C24H24N4O/c1-18-9-12-20(13-10-18)24(29)26-16-17-28-22(14-11-19-6-3-2-4-7-19)27-21-8-5-15-25-23(21)28/h2-10,12-13,15H,11,14,16-17H2,1H3,(H,26,29). The molecular formula is C24H24N4O. The van der Waals surface area contributed by atoms with Crippen molar-refractivity contribution in [2.75, 3.05) is 6.54 Å². The highest BCUT2D eigenvalue weighted by Gasteiger charge is 2.12. The Morgan fingerprint density at radius 2 is 1.76 bits per heavy atom. The van der Waals surface area contributed by atoms with Gasteiger partial charge in [-0.2, -0.15) is 0 Å². The zero-order valence-corrected chi connectivity index (χ0v) is 16.5. The summed E-state index contributed by atoms with van der Waals surface area (Å²) >= 11 is 0. The lowest BCUT2D eigenvalue weighted by Crippen LogP contribution is -2.27. The Kier molecular flexibility index (Phi) is 5.66. The Labute approximate surface area is 170 Å². The number of aromatic nitrogens is 3. The van der Waals surface area contributed by atoms with Gasteiger partial charge in [-0.1, -0.05) is 48.0 Å². The molecule has 0 aliphatic carbocycles. The van der Waals surface area contributed by atoms with Crippen LogP contribution < -0.4 is 5.32 Å². The van der Waals surface area contributed by atoms with Crippen molar-refractivity contribution in [3.05, 3.63) is 95.4 Å². The maximum atomic E-state index is 12.4. The van der Waals surface area contributed by atoms with Crippen LogP contribution in [-0.4, -0.2) is 27.0 Å². The van der Waals surface area contributed by atoms with Gasteiger partial charge in [0, 0.05) is 31.3 Å². The second-order valence-corrected chi connectivity index (χ2v) is 7.13. The fourth-order valence-electron chi connectivity index (χ4n) is 3.42. The molecule has 0 aliphatic rings. The van der Waals surface area contributed by atoms with Crippen molar-refractivity contribution in [2.45, 2.75) is 26.3 Å². The maximum absolute atomic E-state index is 12.4. The zero-order chi connectivity index (χ0) is 20.1. The fraction of sp³-hybridized carbons (Fsp3) is 0.208. The first kappa shape index (κ1) is 18.9. The quantitative estimate of drug-likeness (QED) is 0.525. The molecule has 0 atom stereocenters. The van der Waals surface area contributed by atoms with Crippen molar-refractivity contribution < 1.29 is 4.79 Å². The van der Waals surface area contributed by atoms with E-state index < -0.39 is 0 Å². The number of carbonyl (C=O) groups is 1. The number of nitrogens with zero attached hydrogens (tertiary/aromatic N) is 3. The summed E-state index contributed by atoms with van der Waals surface area (Å²) in [5, 5.41) is 3.01. The van der Waals surface area contributed by atoms with Gasteiger partial charge in [-0.3, -0.25) is 4.79 Å². The number of carbonyl (C=O) groups excluding carboxylic acids is 1. The van der Waals surface area contributed by atoms with Crippen LogP contribution in [0.5, 0.6) is 0 Å². The molecule has 0 fully saturated rings. The SMILES string of the molecule is Cc1ccc(C(=O)NCCn2c(CCc3ccccc3)nc3cccnc32)cc1. The molecule has 0 saturated carbocycles. The number of rotatable bonds is 7. The van der Waals surface area contributed by atoms with Crippen LogP contribution in [0.25, 0.3) is 11.2 Å². The first-order chi connectivity index (χ1) is 14.2. The number of fused-ring (bicyclic) bond motifs is 1. The lowest BCUT2D eigenvalue weighted by molar-refractivity contribution is 0.0952. The van der Waals surface area contributed by atoms with Gasteiger partial charge < -0.3 is 9.88 Å². The number of hydrogen-bond acceptors (Lipinski definition) is 3. The zero-order valence-electron chi connectivity index (χ0n) is 16.5. The number of nitrogens with one attached hydrogen (secondary N) is 1. The van der Waals surface area contributed by atoms with Gasteiger partial charge in [0.05, 0.1) is 0 Å². The van der Waals surface area contributed by atoms with Gasteiger partial charge in [0.2, 0.25) is 0 Å². The average Bonchev–Trinajstić information content (AvgIpc) is 3.11. The van der Waals surface area contributed by atoms with Crippen LogP contribution in [0.4, 0.5) is 0 Å². The molecule has 2 aromatic carbocycles. The fourth-order valence-corrected chi connectivity index (χ4v) is 3.42. The van der Waals surface area contributed by atoms with Crippen LogP contribution in [0, 0.1) is 6.92 Å². The van der Waals surface area contributed by atoms with Gasteiger partial charge in [-0.25, -0.2) is 9.97 Å².